The summed E-state index contributed by atoms with van der Waals surface area (Å²) in [5, 5.41) is 9.97. The number of nitrogens with zero attached hydrogens (tertiary/aromatic N) is 1. The summed E-state index contributed by atoms with van der Waals surface area (Å²) in [6.45, 7) is 3.58. The molecule has 2 heteroatoms. The molecule has 0 aromatic carbocycles. The molecule has 1 aromatic heterocycles. The Morgan fingerprint density at radius 3 is 2.61 bits per heavy atom. The lowest BCUT2D eigenvalue weighted by molar-refractivity contribution is 0.0782. The van der Waals surface area contributed by atoms with Gasteiger partial charge in [0.2, 0.25) is 0 Å². The second-order valence-electron chi connectivity index (χ2n) is 5.82. The molecule has 1 N–H and O–H groups in total. The number of pyridine rings is 1. The van der Waals surface area contributed by atoms with Gasteiger partial charge in [-0.15, -0.1) is 0 Å². The standard InChI is InChI=1S/C16H23NO/c1-16(2,18)15-10-14(11-17-12-15)9-8-13-6-4-3-5-7-13/h8-13,18H,3-7H2,1-2H3/b9-8+. The van der Waals surface area contributed by atoms with Crippen molar-refractivity contribution in [2.75, 3.05) is 0 Å². The average Bonchev–Trinajstić information content (AvgIpc) is 2.37. The topological polar surface area (TPSA) is 33.1 Å². The number of aromatic nitrogens is 1. The molecule has 0 radical (unpaired) electrons. The van der Waals surface area contributed by atoms with Gasteiger partial charge in [0.15, 0.2) is 0 Å². The van der Waals surface area contributed by atoms with Gasteiger partial charge in [-0.3, -0.25) is 4.98 Å². The van der Waals surface area contributed by atoms with Gasteiger partial charge in [-0.05, 0) is 44.2 Å². The lowest BCUT2D eigenvalue weighted by Gasteiger charge is -2.18. The maximum Gasteiger partial charge on any atom is 0.0855 e. The zero-order valence-electron chi connectivity index (χ0n) is 11.4. The first-order chi connectivity index (χ1) is 8.55. The highest BCUT2D eigenvalue weighted by molar-refractivity contribution is 5.49. The van der Waals surface area contributed by atoms with Crippen LogP contribution < -0.4 is 0 Å². The first-order valence-electron chi connectivity index (χ1n) is 6.92. The predicted octanol–water partition coefficient (Wildman–Crippen LogP) is 3.90. The molecule has 98 valence electrons. The van der Waals surface area contributed by atoms with Crippen molar-refractivity contribution < 1.29 is 5.11 Å². The van der Waals surface area contributed by atoms with E-state index < -0.39 is 5.60 Å². The van der Waals surface area contributed by atoms with Crippen molar-refractivity contribution in [2.24, 2.45) is 5.92 Å². The normalized spacial score (nSPS) is 18.4. The Labute approximate surface area is 110 Å². The maximum absolute atomic E-state index is 9.97. The van der Waals surface area contributed by atoms with Crippen molar-refractivity contribution in [1.82, 2.24) is 4.98 Å². The molecule has 0 amide bonds. The highest BCUT2D eigenvalue weighted by atomic mass is 16.3. The largest absolute Gasteiger partial charge is 0.386 e. The number of aliphatic hydroxyl groups is 1. The minimum absolute atomic E-state index is 0.726. The monoisotopic (exact) mass is 245 g/mol. The summed E-state index contributed by atoms with van der Waals surface area (Å²) in [7, 11) is 0. The summed E-state index contributed by atoms with van der Waals surface area (Å²) < 4.78 is 0. The highest BCUT2D eigenvalue weighted by Gasteiger charge is 2.16. The molecule has 2 nitrogen and oxygen atoms in total. The summed E-state index contributed by atoms with van der Waals surface area (Å²) in [6.07, 6.45) is 14.8. The van der Waals surface area contributed by atoms with E-state index in [9.17, 15) is 5.11 Å². The molecule has 0 spiro atoms. The molecular weight excluding hydrogens is 222 g/mol. The van der Waals surface area contributed by atoms with Crippen LogP contribution in [0, 0.1) is 5.92 Å². The van der Waals surface area contributed by atoms with Crippen LogP contribution in [0.15, 0.2) is 24.5 Å². The number of hydrogen-bond acceptors (Lipinski definition) is 2. The third kappa shape index (κ3) is 3.67. The average molecular weight is 245 g/mol. The molecule has 2 rings (SSSR count). The molecule has 1 aromatic rings. The zero-order valence-corrected chi connectivity index (χ0v) is 11.4. The fourth-order valence-corrected chi connectivity index (χ4v) is 2.46. The van der Waals surface area contributed by atoms with E-state index in [-0.39, 0.29) is 0 Å². The third-order valence-electron chi connectivity index (χ3n) is 3.68. The molecule has 0 saturated heterocycles. The van der Waals surface area contributed by atoms with Gasteiger partial charge in [0.25, 0.3) is 0 Å². The minimum atomic E-state index is -0.818. The smallest absolute Gasteiger partial charge is 0.0855 e. The van der Waals surface area contributed by atoms with Gasteiger partial charge < -0.3 is 5.11 Å². The van der Waals surface area contributed by atoms with E-state index in [0.29, 0.717) is 0 Å². The van der Waals surface area contributed by atoms with E-state index in [1.165, 1.54) is 32.1 Å². The van der Waals surface area contributed by atoms with Crippen molar-refractivity contribution in [3.05, 3.63) is 35.7 Å². The number of allylic oxidation sites excluding steroid dienone is 1. The van der Waals surface area contributed by atoms with E-state index >= 15 is 0 Å². The minimum Gasteiger partial charge on any atom is -0.386 e. The molecular formula is C16H23NO. The molecule has 1 fully saturated rings. The quantitative estimate of drug-likeness (QED) is 0.876. The summed E-state index contributed by atoms with van der Waals surface area (Å²) in [6, 6.07) is 2.02. The predicted molar refractivity (Wildman–Crippen MR) is 75.1 cm³/mol. The summed E-state index contributed by atoms with van der Waals surface area (Å²) >= 11 is 0. The Balaban J connectivity index is 2.07. The second-order valence-corrected chi connectivity index (χ2v) is 5.82. The summed E-state index contributed by atoms with van der Waals surface area (Å²) in [4.78, 5) is 4.20. The fraction of sp³-hybridized carbons (Fsp3) is 0.562. The number of rotatable bonds is 3. The van der Waals surface area contributed by atoms with Crippen molar-refractivity contribution in [2.45, 2.75) is 51.6 Å². The van der Waals surface area contributed by atoms with E-state index in [4.69, 9.17) is 0 Å². The van der Waals surface area contributed by atoms with Gasteiger partial charge in [0, 0.05) is 18.0 Å². The second kappa shape index (κ2) is 5.66. The van der Waals surface area contributed by atoms with Crippen LogP contribution in [-0.2, 0) is 5.60 Å². The van der Waals surface area contributed by atoms with Crippen molar-refractivity contribution in [1.29, 1.82) is 0 Å². The fourth-order valence-electron chi connectivity index (χ4n) is 2.46. The molecule has 1 aliphatic rings. The van der Waals surface area contributed by atoms with Crippen LogP contribution in [-0.4, -0.2) is 10.1 Å². The maximum atomic E-state index is 9.97. The van der Waals surface area contributed by atoms with Crippen LogP contribution >= 0.6 is 0 Å². The third-order valence-corrected chi connectivity index (χ3v) is 3.68. The van der Waals surface area contributed by atoms with Crippen molar-refractivity contribution in [3.63, 3.8) is 0 Å². The first kappa shape index (κ1) is 13.3. The van der Waals surface area contributed by atoms with Gasteiger partial charge in [-0.2, -0.15) is 0 Å². The van der Waals surface area contributed by atoms with Gasteiger partial charge >= 0.3 is 0 Å². The van der Waals surface area contributed by atoms with Crippen LogP contribution in [0.4, 0.5) is 0 Å². The lowest BCUT2D eigenvalue weighted by atomic mass is 9.88. The van der Waals surface area contributed by atoms with Crippen LogP contribution in [0.5, 0.6) is 0 Å². The van der Waals surface area contributed by atoms with Gasteiger partial charge in [0.1, 0.15) is 0 Å². The van der Waals surface area contributed by atoms with Crippen LogP contribution in [0.25, 0.3) is 6.08 Å². The van der Waals surface area contributed by atoms with Crippen molar-refractivity contribution in [3.8, 4) is 0 Å². The van der Waals surface area contributed by atoms with Crippen LogP contribution in [0.1, 0.15) is 57.1 Å². The molecule has 0 atom stereocenters. The zero-order chi connectivity index (χ0) is 13.0. The molecule has 1 aliphatic carbocycles. The molecule has 0 unspecified atom stereocenters. The Hall–Kier alpha value is -1.15. The van der Waals surface area contributed by atoms with Gasteiger partial charge in [-0.25, -0.2) is 0 Å². The Bertz CT molecular complexity index is 411. The Morgan fingerprint density at radius 1 is 1.22 bits per heavy atom. The van der Waals surface area contributed by atoms with Crippen LogP contribution in [0.3, 0.4) is 0 Å². The first-order valence-corrected chi connectivity index (χ1v) is 6.92. The molecule has 18 heavy (non-hydrogen) atoms. The van der Waals surface area contributed by atoms with Crippen LogP contribution in [0.2, 0.25) is 0 Å². The van der Waals surface area contributed by atoms with E-state index in [2.05, 4.69) is 17.1 Å². The van der Waals surface area contributed by atoms with Crippen molar-refractivity contribution >= 4 is 6.08 Å². The highest BCUT2D eigenvalue weighted by Crippen LogP contribution is 2.26. The van der Waals surface area contributed by atoms with E-state index in [1.807, 2.05) is 12.3 Å². The molecule has 0 bridgehead atoms. The number of hydrogen-bond donors (Lipinski definition) is 1. The molecule has 1 saturated carbocycles. The SMILES string of the molecule is CC(C)(O)c1cncc(/C=C/C2CCCCC2)c1. The Morgan fingerprint density at radius 2 is 1.94 bits per heavy atom. The van der Waals surface area contributed by atoms with Gasteiger partial charge in [0.05, 0.1) is 5.60 Å². The molecule has 0 aliphatic heterocycles. The van der Waals surface area contributed by atoms with Gasteiger partial charge in [-0.1, -0.05) is 31.4 Å². The molecule has 1 heterocycles. The lowest BCUT2D eigenvalue weighted by Crippen LogP contribution is -2.15. The Kier molecular flexibility index (Phi) is 4.18. The van der Waals surface area contributed by atoms with E-state index in [1.54, 1.807) is 20.0 Å². The summed E-state index contributed by atoms with van der Waals surface area (Å²) in [5.41, 5.74) is 1.13. The summed E-state index contributed by atoms with van der Waals surface area (Å²) in [5.74, 6) is 0.726. The van der Waals surface area contributed by atoms with E-state index in [0.717, 1.165) is 17.0 Å².